The van der Waals surface area contributed by atoms with Crippen LogP contribution < -0.4 is 5.32 Å². The SMILES string of the molecule is CCC1CCC(n2cnc(CNCC(C)C)n2)CC1. The second-order valence-electron chi connectivity index (χ2n) is 6.25. The van der Waals surface area contributed by atoms with Gasteiger partial charge in [-0.15, -0.1) is 0 Å². The van der Waals surface area contributed by atoms with Crippen LogP contribution in [-0.2, 0) is 6.54 Å². The normalized spacial score (nSPS) is 24.0. The summed E-state index contributed by atoms with van der Waals surface area (Å²) < 4.78 is 2.10. The Hall–Kier alpha value is -0.900. The van der Waals surface area contributed by atoms with Crippen molar-refractivity contribution in [3.05, 3.63) is 12.2 Å². The van der Waals surface area contributed by atoms with Gasteiger partial charge in [0.05, 0.1) is 12.6 Å². The van der Waals surface area contributed by atoms with Crippen molar-refractivity contribution in [1.82, 2.24) is 20.1 Å². The van der Waals surface area contributed by atoms with Gasteiger partial charge in [-0.05, 0) is 44.1 Å². The Labute approximate surface area is 117 Å². The maximum Gasteiger partial charge on any atom is 0.164 e. The third kappa shape index (κ3) is 4.30. The lowest BCUT2D eigenvalue weighted by atomic mass is 9.85. The molecule has 0 bridgehead atoms. The number of aromatic nitrogens is 3. The first-order valence-corrected chi connectivity index (χ1v) is 7.79. The summed E-state index contributed by atoms with van der Waals surface area (Å²) in [4.78, 5) is 4.42. The molecule has 0 spiro atoms. The fourth-order valence-electron chi connectivity index (χ4n) is 2.86. The van der Waals surface area contributed by atoms with Gasteiger partial charge in [0.1, 0.15) is 6.33 Å². The highest BCUT2D eigenvalue weighted by molar-refractivity contribution is 4.85. The standard InChI is InChI=1S/C15H28N4/c1-4-13-5-7-14(8-6-13)19-11-17-15(18-19)10-16-9-12(2)3/h11-14,16H,4-10H2,1-3H3. The Bertz CT molecular complexity index is 364. The van der Waals surface area contributed by atoms with Gasteiger partial charge >= 0.3 is 0 Å². The van der Waals surface area contributed by atoms with Crippen LogP contribution in [0.3, 0.4) is 0 Å². The molecule has 0 atom stereocenters. The summed E-state index contributed by atoms with van der Waals surface area (Å²) >= 11 is 0. The fraction of sp³-hybridized carbons (Fsp3) is 0.867. The number of nitrogens with zero attached hydrogens (tertiary/aromatic N) is 3. The van der Waals surface area contributed by atoms with Crippen LogP contribution >= 0.6 is 0 Å². The largest absolute Gasteiger partial charge is 0.310 e. The van der Waals surface area contributed by atoms with Gasteiger partial charge < -0.3 is 5.32 Å². The Kier molecular flexibility index (Phi) is 5.37. The fourth-order valence-corrected chi connectivity index (χ4v) is 2.86. The van der Waals surface area contributed by atoms with E-state index in [1.54, 1.807) is 0 Å². The van der Waals surface area contributed by atoms with Gasteiger partial charge in [-0.3, -0.25) is 0 Å². The van der Waals surface area contributed by atoms with Gasteiger partial charge in [0.15, 0.2) is 5.82 Å². The molecule has 0 aromatic carbocycles. The molecule has 0 radical (unpaired) electrons. The molecule has 1 aromatic heterocycles. The van der Waals surface area contributed by atoms with E-state index in [0.29, 0.717) is 12.0 Å². The molecule has 0 unspecified atom stereocenters. The van der Waals surface area contributed by atoms with Gasteiger partial charge in [-0.2, -0.15) is 5.10 Å². The minimum Gasteiger partial charge on any atom is -0.310 e. The highest BCUT2D eigenvalue weighted by Crippen LogP contribution is 2.32. The van der Waals surface area contributed by atoms with E-state index in [0.717, 1.165) is 24.8 Å². The summed E-state index contributed by atoms with van der Waals surface area (Å²) in [5.74, 6) is 2.54. The third-order valence-electron chi connectivity index (χ3n) is 4.16. The van der Waals surface area contributed by atoms with Gasteiger partial charge in [-0.25, -0.2) is 9.67 Å². The van der Waals surface area contributed by atoms with Gasteiger partial charge in [-0.1, -0.05) is 27.2 Å². The number of hydrogen-bond acceptors (Lipinski definition) is 3. The van der Waals surface area contributed by atoms with Crippen LogP contribution in [0.2, 0.25) is 0 Å². The summed E-state index contributed by atoms with van der Waals surface area (Å²) in [5.41, 5.74) is 0. The zero-order valence-electron chi connectivity index (χ0n) is 12.6. The average Bonchev–Trinajstić information content (AvgIpc) is 2.87. The zero-order chi connectivity index (χ0) is 13.7. The number of nitrogens with one attached hydrogen (secondary N) is 1. The monoisotopic (exact) mass is 264 g/mol. The molecule has 2 rings (SSSR count). The molecule has 1 fully saturated rings. The van der Waals surface area contributed by atoms with Crippen LogP contribution in [0.15, 0.2) is 6.33 Å². The molecule has 1 aromatic rings. The summed E-state index contributed by atoms with van der Waals surface area (Å²) in [6.45, 7) is 8.54. The van der Waals surface area contributed by atoms with E-state index in [1.807, 2.05) is 6.33 Å². The first-order chi connectivity index (χ1) is 9.19. The van der Waals surface area contributed by atoms with Crippen molar-refractivity contribution in [2.75, 3.05) is 6.54 Å². The summed E-state index contributed by atoms with van der Waals surface area (Å²) in [7, 11) is 0. The molecular weight excluding hydrogens is 236 g/mol. The minimum atomic E-state index is 0.578. The molecule has 1 saturated carbocycles. The topological polar surface area (TPSA) is 42.7 Å². The second kappa shape index (κ2) is 7.04. The Morgan fingerprint density at radius 1 is 1.32 bits per heavy atom. The predicted octanol–water partition coefficient (Wildman–Crippen LogP) is 3.17. The van der Waals surface area contributed by atoms with E-state index in [4.69, 9.17) is 0 Å². The molecule has 108 valence electrons. The van der Waals surface area contributed by atoms with Crippen LogP contribution in [-0.4, -0.2) is 21.3 Å². The molecule has 19 heavy (non-hydrogen) atoms. The molecule has 0 saturated heterocycles. The maximum absolute atomic E-state index is 4.62. The molecule has 4 heteroatoms. The first-order valence-electron chi connectivity index (χ1n) is 7.79. The molecule has 1 N–H and O–H groups in total. The Balaban J connectivity index is 1.80. The van der Waals surface area contributed by atoms with Crippen LogP contribution in [0.5, 0.6) is 0 Å². The van der Waals surface area contributed by atoms with Crippen LogP contribution in [0, 0.1) is 11.8 Å². The van der Waals surface area contributed by atoms with E-state index in [9.17, 15) is 0 Å². The minimum absolute atomic E-state index is 0.578. The average molecular weight is 264 g/mol. The molecule has 1 heterocycles. The highest BCUT2D eigenvalue weighted by Gasteiger charge is 2.22. The van der Waals surface area contributed by atoms with E-state index >= 15 is 0 Å². The van der Waals surface area contributed by atoms with E-state index in [-0.39, 0.29) is 0 Å². The smallest absolute Gasteiger partial charge is 0.164 e. The molecule has 1 aliphatic rings. The van der Waals surface area contributed by atoms with E-state index in [1.165, 1.54) is 32.1 Å². The van der Waals surface area contributed by atoms with Crippen molar-refractivity contribution >= 4 is 0 Å². The van der Waals surface area contributed by atoms with Crippen molar-refractivity contribution in [2.45, 2.75) is 65.5 Å². The highest BCUT2D eigenvalue weighted by atomic mass is 15.3. The lowest BCUT2D eigenvalue weighted by molar-refractivity contribution is 0.255. The molecule has 1 aliphatic carbocycles. The number of hydrogen-bond donors (Lipinski definition) is 1. The molecule has 4 nitrogen and oxygen atoms in total. The molecule has 0 amide bonds. The van der Waals surface area contributed by atoms with Crippen molar-refractivity contribution < 1.29 is 0 Å². The summed E-state index contributed by atoms with van der Waals surface area (Å²) in [5, 5.41) is 8.02. The van der Waals surface area contributed by atoms with Crippen molar-refractivity contribution in [2.24, 2.45) is 11.8 Å². The Morgan fingerprint density at radius 2 is 2.05 bits per heavy atom. The molecular formula is C15H28N4. The van der Waals surface area contributed by atoms with Crippen molar-refractivity contribution in [1.29, 1.82) is 0 Å². The number of rotatable bonds is 6. The van der Waals surface area contributed by atoms with E-state index < -0.39 is 0 Å². The van der Waals surface area contributed by atoms with Crippen LogP contribution in [0.4, 0.5) is 0 Å². The summed E-state index contributed by atoms with van der Waals surface area (Å²) in [6, 6.07) is 0.578. The second-order valence-corrected chi connectivity index (χ2v) is 6.25. The zero-order valence-corrected chi connectivity index (χ0v) is 12.6. The van der Waals surface area contributed by atoms with Crippen molar-refractivity contribution in [3.63, 3.8) is 0 Å². The summed E-state index contributed by atoms with van der Waals surface area (Å²) in [6.07, 6.45) is 8.48. The lowest BCUT2D eigenvalue weighted by Gasteiger charge is -2.27. The van der Waals surface area contributed by atoms with Crippen LogP contribution in [0.1, 0.15) is 64.7 Å². The van der Waals surface area contributed by atoms with Crippen LogP contribution in [0.25, 0.3) is 0 Å². The lowest BCUT2D eigenvalue weighted by Crippen LogP contribution is -2.21. The maximum atomic E-state index is 4.62. The molecule has 0 aliphatic heterocycles. The van der Waals surface area contributed by atoms with Gasteiger partial charge in [0.2, 0.25) is 0 Å². The third-order valence-corrected chi connectivity index (χ3v) is 4.16. The van der Waals surface area contributed by atoms with Gasteiger partial charge in [0, 0.05) is 0 Å². The van der Waals surface area contributed by atoms with Crippen molar-refractivity contribution in [3.8, 4) is 0 Å². The Morgan fingerprint density at radius 3 is 2.68 bits per heavy atom. The van der Waals surface area contributed by atoms with Gasteiger partial charge in [0.25, 0.3) is 0 Å². The quantitative estimate of drug-likeness (QED) is 0.858. The van der Waals surface area contributed by atoms with E-state index in [2.05, 4.69) is 40.9 Å². The predicted molar refractivity (Wildman–Crippen MR) is 77.9 cm³/mol. The first kappa shape index (κ1) is 14.5.